The van der Waals surface area contributed by atoms with E-state index in [0.717, 1.165) is 17.7 Å². The van der Waals surface area contributed by atoms with E-state index in [1.165, 1.54) is 24.3 Å². The third kappa shape index (κ3) is 3.50. The molecule has 0 aromatic heterocycles. The average Bonchev–Trinajstić information content (AvgIpc) is 3.36. The molecule has 6 rings (SSSR count). The summed E-state index contributed by atoms with van der Waals surface area (Å²) in [7, 11) is 0. The minimum Gasteiger partial charge on any atom is -0.352 e. The molecule has 0 saturated carbocycles. The number of carbonyl (C=O) groups excluding carboxylic acids is 3. The maximum Gasteiger partial charge on any atom is 0.418 e. The normalized spacial score (nSPS) is 24.2. The number of fused-ring (bicyclic) bond motifs is 5. The fourth-order valence-electron chi connectivity index (χ4n) is 5.74. The number of hydrogen-bond acceptors (Lipinski definition) is 4. The van der Waals surface area contributed by atoms with Crippen molar-refractivity contribution >= 4 is 46.6 Å². The number of hydrogen-bond donors (Lipinski definition) is 0. The van der Waals surface area contributed by atoms with Crippen molar-refractivity contribution in [3.63, 3.8) is 0 Å². The molecule has 4 atom stereocenters. The monoisotopic (exact) mass is 522 g/mol. The topological polar surface area (TPSA) is 57.7 Å². The molecule has 2 fully saturated rings. The second kappa shape index (κ2) is 8.31. The van der Waals surface area contributed by atoms with E-state index in [2.05, 4.69) is 0 Å². The summed E-state index contributed by atoms with van der Waals surface area (Å²) < 4.78 is 41.4. The number of amides is 2. The van der Waals surface area contributed by atoms with Crippen LogP contribution in [0.2, 0.25) is 5.02 Å². The predicted molar refractivity (Wildman–Crippen MR) is 132 cm³/mol. The fourth-order valence-corrected chi connectivity index (χ4v) is 5.87. The summed E-state index contributed by atoms with van der Waals surface area (Å²) in [6, 6.07) is 16.2. The SMILES string of the molecule is O=C(c1ccc(Cl)cc1)[C@@H]1[C@@H]2C(=O)N(c3ccccc3C(F)(F)F)C(=O)[C@@H]2[C@H]2C=Cc3ccccc3N21. The van der Waals surface area contributed by atoms with Gasteiger partial charge in [0, 0.05) is 16.3 Å². The Hall–Kier alpha value is -3.91. The molecule has 3 aromatic rings. The van der Waals surface area contributed by atoms with E-state index in [9.17, 15) is 27.6 Å². The van der Waals surface area contributed by atoms with Crippen LogP contribution in [0.25, 0.3) is 6.08 Å². The maximum atomic E-state index is 13.9. The van der Waals surface area contributed by atoms with Gasteiger partial charge in [0.05, 0.1) is 29.1 Å². The van der Waals surface area contributed by atoms with Crippen LogP contribution in [0.15, 0.2) is 78.9 Å². The highest BCUT2D eigenvalue weighted by molar-refractivity contribution is 6.30. The Kier molecular flexibility index (Phi) is 5.28. The highest BCUT2D eigenvalue weighted by atomic mass is 35.5. The van der Waals surface area contributed by atoms with Gasteiger partial charge in [-0.05, 0) is 48.0 Å². The molecule has 37 heavy (non-hydrogen) atoms. The van der Waals surface area contributed by atoms with Gasteiger partial charge in [-0.25, -0.2) is 4.90 Å². The second-order valence-electron chi connectivity index (χ2n) is 9.21. The van der Waals surface area contributed by atoms with Crippen LogP contribution in [-0.4, -0.2) is 29.7 Å². The Bertz CT molecular complexity index is 1480. The first-order valence-corrected chi connectivity index (χ1v) is 12.0. The first-order chi connectivity index (χ1) is 17.7. The van der Waals surface area contributed by atoms with Crippen molar-refractivity contribution in [3.8, 4) is 0 Å². The zero-order valence-corrected chi connectivity index (χ0v) is 19.8. The molecular weight excluding hydrogens is 505 g/mol. The van der Waals surface area contributed by atoms with Crippen molar-refractivity contribution in [3.05, 3.63) is 101 Å². The number of rotatable bonds is 3. The van der Waals surface area contributed by atoms with Crippen LogP contribution in [0.4, 0.5) is 24.5 Å². The Morgan fingerprint density at radius 3 is 2.14 bits per heavy atom. The molecule has 186 valence electrons. The summed E-state index contributed by atoms with van der Waals surface area (Å²) in [4.78, 5) is 43.9. The molecule has 0 bridgehead atoms. The zero-order chi connectivity index (χ0) is 26.1. The lowest BCUT2D eigenvalue weighted by Gasteiger charge is -2.36. The number of halogens is 4. The first kappa shape index (κ1) is 23.5. The van der Waals surface area contributed by atoms with E-state index >= 15 is 0 Å². The summed E-state index contributed by atoms with van der Waals surface area (Å²) in [6.45, 7) is 0. The molecule has 5 nitrogen and oxygen atoms in total. The fraction of sp³-hybridized carbons (Fsp3) is 0.179. The lowest BCUT2D eigenvalue weighted by atomic mass is 9.86. The molecule has 0 spiro atoms. The molecule has 0 unspecified atom stereocenters. The van der Waals surface area contributed by atoms with Gasteiger partial charge < -0.3 is 4.90 Å². The number of para-hydroxylation sites is 2. The summed E-state index contributed by atoms with van der Waals surface area (Å²) in [5.41, 5.74) is 0.170. The van der Waals surface area contributed by atoms with Crippen LogP contribution in [0.1, 0.15) is 21.5 Å². The highest BCUT2D eigenvalue weighted by Crippen LogP contribution is 2.51. The molecule has 3 aliphatic rings. The van der Waals surface area contributed by atoms with E-state index in [1.807, 2.05) is 18.2 Å². The largest absolute Gasteiger partial charge is 0.418 e. The number of benzene rings is 3. The first-order valence-electron chi connectivity index (χ1n) is 11.6. The standard InChI is InChI=1S/C28H18ClF3N2O3/c29-17-12-9-16(10-13-17)25(35)24-23-22(21-14-11-15-5-1-3-7-19(15)33(21)24)26(36)34(27(23)37)20-8-4-2-6-18(20)28(30,31)32/h1-14,21-24H/t21-,22-,23-,24+/m1/s1. The van der Waals surface area contributed by atoms with Gasteiger partial charge in [-0.2, -0.15) is 13.2 Å². The van der Waals surface area contributed by atoms with Crippen molar-refractivity contribution in [1.29, 1.82) is 0 Å². The number of carbonyl (C=O) groups is 3. The molecule has 3 aromatic carbocycles. The minimum atomic E-state index is -4.77. The van der Waals surface area contributed by atoms with Gasteiger partial charge in [0.25, 0.3) is 0 Å². The van der Waals surface area contributed by atoms with Crippen LogP contribution in [0.3, 0.4) is 0 Å². The Balaban J connectivity index is 1.51. The second-order valence-corrected chi connectivity index (χ2v) is 9.65. The van der Waals surface area contributed by atoms with Gasteiger partial charge in [-0.15, -0.1) is 0 Å². The van der Waals surface area contributed by atoms with E-state index in [1.54, 1.807) is 35.2 Å². The van der Waals surface area contributed by atoms with E-state index in [-0.39, 0.29) is 5.56 Å². The summed E-state index contributed by atoms with van der Waals surface area (Å²) >= 11 is 6.00. The van der Waals surface area contributed by atoms with Crippen LogP contribution >= 0.6 is 11.6 Å². The number of anilines is 2. The molecule has 2 amide bonds. The lowest BCUT2D eigenvalue weighted by molar-refractivity contribution is -0.137. The number of alkyl halides is 3. The molecule has 0 radical (unpaired) electrons. The molecule has 3 aliphatic heterocycles. The number of imide groups is 1. The third-order valence-corrected chi connectivity index (χ3v) is 7.51. The average molecular weight is 523 g/mol. The van der Waals surface area contributed by atoms with Crippen molar-refractivity contribution in [2.24, 2.45) is 11.8 Å². The lowest BCUT2D eigenvalue weighted by Crippen LogP contribution is -2.49. The molecular formula is C28H18ClF3N2O3. The van der Waals surface area contributed by atoms with E-state index < -0.39 is 58.9 Å². The van der Waals surface area contributed by atoms with Crippen molar-refractivity contribution < 1.29 is 27.6 Å². The maximum absolute atomic E-state index is 13.9. The third-order valence-electron chi connectivity index (χ3n) is 7.26. The molecule has 0 aliphatic carbocycles. The number of nitrogens with zero attached hydrogens (tertiary/aromatic N) is 2. The Morgan fingerprint density at radius 2 is 1.43 bits per heavy atom. The van der Waals surface area contributed by atoms with Crippen LogP contribution in [0, 0.1) is 11.8 Å². The van der Waals surface area contributed by atoms with Gasteiger partial charge in [0.15, 0.2) is 5.78 Å². The Morgan fingerprint density at radius 1 is 0.811 bits per heavy atom. The Labute approximate surface area is 214 Å². The van der Waals surface area contributed by atoms with E-state index in [0.29, 0.717) is 15.6 Å². The minimum absolute atomic E-state index is 0.287. The van der Waals surface area contributed by atoms with Crippen LogP contribution in [0.5, 0.6) is 0 Å². The van der Waals surface area contributed by atoms with Crippen molar-refractivity contribution in [2.45, 2.75) is 18.3 Å². The van der Waals surface area contributed by atoms with Gasteiger partial charge in [-0.1, -0.05) is 54.1 Å². The van der Waals surface area contributed by atoms with Crippen molar-refractivity contribution in [2.75, 3.05) is 9.80 Å². The zero-order valence-electron chi connectivity index (χ0n) is 19.0. The van der Waals surface area contributed by atoms with Gasteiger partial charge in [-0.3, -0.25) is 14.4 Å². The van der Waals surface area contributed by atoms with E-state index in [4.69, 9.17) is 11.6 Å². The summed E-state index contributed by atoms with van der Waals surface area (Å²) in [5.74, 6) is -4.18. The van der Waals surface area contributed by atoms with Gasteiger partial charge in [0.2, 0.25) is 11.8 Å². The number of ketones is 1. The van der Waals surface area contributed by atoms with Crippen molar-refractivity contribution in [1.82, 2.24) is 0 Å². The van der Waals surface area contributed by atoms with Crippen LogP contribution in [-0.2, 0) is 15.8 Å². The quantitative estimate of drug-likeness (QED) is 0.330. The molecule has 3 heterocycles. The smallest absolute Gasteiger partial charge is 0.352 e. The molecule has 0 N–H and O–H groups in total. The molecule has 2 saturated heterocycles. The molecule has 9 heteroatoms. The summed E-state index contributed by atoms with van der Waals surface area (Å²) in [5, 5.41) is 0.423. The predicted octanol–water partition coefficient (Wildman–Crippen LogP) is 5.63. The number of Topliss-reactive ketones (excluding diaryl/α,β-unsaturated/α-hetero) is 1. The van der Waals surface area contributed by atoms with Gasteiger partial charge >= 0.3 is 6.18 Å². The highest BCUT2D eigenvalue weighted by Gasteiger charge is 2.64. The summed E-state index contributed by atoms with van der Waals surface area (Å²) in [6.07, 6.45) is -1.21. The van der Waals surface area contributed by atoms with Gasteiger partial charge in [0.1, 0.15) is 6.04 Å². The van der Waals surface area contributed by atoms with Crippen LogP contribution < -0.4 is 9.80 Å².